The van der Waals surface area contributed by atoms with E-state index in [1.807, 2.05) is 103 Å². The Hall–Kier alpha value is -8.11. The van der Waals surface area contributed by atoms with Crippen LogP contribution in [0.4, 0.5) is 0 Å². The van der Waals surface area contributed by atoms with E-state index in [0.29, 0.717) is 11.4 Å². The summed E-state index contributed by atoms with van der Waals surface area (Å²) in [6.07, 6.45) is 0. The van der Waals surface area contributed by atoms with E-state index in [2.05, 4.69) is 0 Å². The Balaban J connectivity index is 1.33. The lowest BCUT2D eigenvalue weighted by Crippen LogP contribution is -2.09. The molecule has 8 aromatic carbocycles. The summed E-state index contributed by atoms with van der Waals surface area (Å²) in [6.45, 7) is 0. The van der Waals surface area contributed by atoms with Crippen molar-refractivity contribution in [1.82, 2.24) is 9.13 Å². The number of hydrogen-bond donors (Lipinski definition) is 8. The van der Waals surface area contributed by atoms with Crippen molar-refractivity contribution in [2.75, 3.05) is 0 Å². The lowest BCUT2D eigenvalue weighted by Gasteiger charge is -2.15. The number of phenols is 8. The van der Waals surface area contributed by atoms with Gasteiger partial charge in [-0.2, -0.15) is 0 Å². The van der Waals surface area contributed by atoms with Crippen LogP contribution in [0.15, 0.2) is 133 Å². The molecule has 286 valence electrons. The summed E-state index contributed by atoms with van der Waals surface area (Å²) < 4.78 is 2.78. The normalized spacial score (nSPS) is 11.7. The lowest BCUT2D eigenvalue weighted by atomic mass is 9.89. The maximum absolute atomic E-state index is 12.2. The summed E-state index contributed by atoms with van der Waals surface area (Å²) >= 11 is 0. The Morgan fingerprint density at radius 3 is 1.23 bits per heavy atom. The number of rotatable bonds is 5. The number of benzene rings is 8. The van der Waals surface area contributed by atoms with Crippen molar-refractivity contribution in [1.29, 1.82) is 0 Å². The smallest absolute Gasteiger partial charge is 0.200 e. The zero-order chi connectivity index (χ0) is 41.7. The Morgan fingerprint density at radius 1 is 0.283 bits per heavy atom. The quantitative estimate of drug-likeness (QED) is 0.0492. The zero-order valence-corrected chi connectivity index (χ0v) is 31.3. The molecule has 10 nitrogen and oxygen atoms in total. The van der Waals surface area contributed by atoms with Gasteiger partial charge in [0.15, 0.2) is 40.2 Å². The van der Waals surface area contributed by atoms with E-state index in [0.717, 1.165) is 33.4 Å². The number of hydrogen-bond acceptors (Lipinski definition) is 8. The first-order chi connectivity index (χ1) is 29.0. The van der Waals surface area contributed by atoms with Gasteiger partial charge in [0.2, 0.25) is 0 Å². The fraction of sp³-hybridized carbons (Fsp3) is 0. The van der Waals surface area contributed by atoms with Crippen LogP contribution in [-0.2, 0) is 0 Å². The van der Waals surface area contributed by atoms with Gasteiger partial charge in [0.1, 0.15) is 32.5 Å². The van der Waals surface area contributed by atoms with Crippen molar-refractivity contribution >= 4 is 70.2 Å². The molecule has 60 heavy (non-hydrogen) atoms. The van der Waals surface area contributed by atoms with E-state index in [4.69, 9.17) is 15.7 Å². The van der Waals surface area contributed by atoms with E-state index >= 15 is 0 Å². The molecule has 0 spiro atoms. The highest BCUT2D eigenvalue weighted by Gasteiger charge is 2.34. The van der Waals surface area contributed by atoms with Crippen LogP contribution in [0.3, 0.4) is 0 Å². The topological polar surface area (TPSA) is 172 Å². The third-order valence-corrected chi connectivity index (χ3v) is 11.3. The predicted octanol–water partition coefficient (Wildman–Crippen LogP) is 8.11. The van der Waals surface area contributed by atoms with E-state index < -0.39 is 51.5 Å². The van der Waals surface area contributed by atoms with Crippen LogP contribution >= 0.6 is 0 Å². The lowest BCUT2D eigenvalue weighted by molar-refractivity contribution is 0.373. The molecule has 10 aromatic rings. The Labute approximate surface area is 343 Å². The Bertz CT molecular complexity index is 3400. The monoisotopic (exact) mass is 784 g/mol. The van der Waals surface area contributed by atoms with Crippen LogP contribution in [0.25, 0.3) is 88.4 Å². The fourth-order valence-corrected chi connectivity index (χ4v) is 8.46. The SMILES string of the molecule is [B]c1c(O)c(O)c2c3c4c5c(O)c(O)c(O)c([B])c5n(-c5ccc(-c6ccccc6)cc5)c4c(O)c(O)c3n(-c3cccc(-c4ccc(-c5ccccc5)cc4)c3)c2c1O. The fourth-order valence-electron chi connectivity index (χ4n) is 8.46. The number of aromatic nitrogens is 2. The Kier molecular flexibility index (Phi) is 7.99. The number of phenolic OH excluding ortho intramolecular Hbond substituents is 8. The van der Waals surface area contributed by atoms with Crippen LogP contribution in [0.2, 0.25) is 0 Å². The summed E-state index contributed by atoms with van der Waals surface area (Å²) in [4.78, 5) is 0. The number of fused-ring (bicyclic) bond motifs is 7. The van der Waals surface area contributed by atoms with Crippen molar-refractivity contribution in [3.05, 3.63) is 133 Å². The van der Waals surface area contributed by atoms with Crippen molar-refractivity contribution in [2.45, 2.75) is 0 Å². The molecule has 0 saturated carbocycles. The van der Waals surface area contributed by atoms with Gasteiger partial charge < -0.3 is 50.0 Å². The summed E-state index contributed by atoms with van der Waals surface area (Å²) in [7, 11) is 12.7. The van der Waals surface area contributed by atoms with Gasteiger partial charge in [0.25, 0.3) is 0 Å². The van der Waals surface area contributed by atoms with Gasteiger partial charge >= 0.3 is 0 Å². The van der Waals surface area contributed by atoms with Gasteiger partial charge in [-0.1, -0.05) is 109 Å². The molecule has 0 atom stereocenters. The largest absolute Gasteiger partial charge is 0.506 e. The summed E-state index contributed by atoms with van der Waals surface area (Å²) in [5.41, 5.74) is 4.54. The van der Waals surface area contributed by atoms with E-state index in [-0.39, 0.29) is 49.1 Å². The van der Waals surface area contributed by atoms with Gasteiger partial charge in [0, 0.05) is 22.1 Å². The molecule has 0 fully saturated rings. The first kappa shape index (κ1) is 36.2. The molecule has 2 aromatic heterocycles. The molecule has 8 N–H and O–H groups in total. The summed E-state index contributed by atoms with van der Waals surface area (Å²) in [5, 5.41) is 92.2. The molecule has 0 aliphatic rings. The van der Waals surface area contributed by atoms with Crippen LogP contribution in [0, 0.1) is 0 Å². The average molecular weight is 784 g/mol. The minimum absolute atomic E-state index is 0.0716. The van der Waals surface area contributed by atoms with Gasteiger partial charge in [-0.05, 0) is 68.6 Å². The molecule has 0 unspecified atom stereocenters. The standard InChI is InChI=1S/C48H30B2N2O8/c49-35-37-33(42(54)48(60)44(35)56)31-32-34-40(43(55)36(50)45(57)41(34)53)52(30-13-7-12-28(22-30)27-16-14-25(15-17-27)23-8-3-1-4-9-23)39(32)47(59)46(58)38(31)51(37)29-20-18-26(19-21-29)24-10-5-2-6-11-24/h1-22,53-60H. The van der Waals surface area contributed by atoms with Crippen molar-refractivity contribution < 1.29 is 40.9 Å². The van der Waals surface area contributed by atoms with Gasteiger partial charge in [-0.25, -0.2) is 0 Å². The van der Waals surface area contributed by atoms with Gasteiger partial charge in [-0.3, -0.25) is 0 Å². The average Bonchev–Trinajstić information content (AvgIpc) is 3.84. The van der Waals surface area contributed by atoms with Gasteiger partial charge in [0.05, 0.1) is 21.8 Å². The van der Waals surface area contributed by atoms with E-state index in [1.54, 1.807) is 30.3 Å². The summed E-state index contributed by atoms with van der Waals surface area (Å²) in [6, 6.07) is 41.5. The molecule has 2 heterocycles. The first-order valence-electron chi connectivity index (χ1n) is 18.7. The molecule has 0 amide bonds. The third kappa shape index (κ3) is 5.04. The molecule has 12 heteroatoms. The highest BCUT2D eigenvalue weighted by molar-refractivity contribution is 6.46. The number of nitrogens with zero attached hydrogens (tertiary/aromatic N) is 2. The third-order valence-electron chi connectivity index (χ3n) is 11.3. The molecule has 4 radical (unpaired) electrons. The molecule has 0 bridgehead atoms. The maximum Gasteiger partial charge on any atom is 0.200 e. The molecule has 10 rings (SSSR count). The molecule has 0 aliphatic heterocycles. The highest BCUT2D eigenvalue weighted by Crippen LogP contribution is 2.57. The van der Waals surface area contributed by atoms with Crippen molar-refractivity contribution in [3.8, 4) is 90.8 Å². The second-order valence-electron chi connectivity index (χ2n) is 14.6. The van der Waals surface area contributed by atoms with Crippen LogP contribution in [-0.4, -0.2) is 65.7 Å². The van der Waals surface area contributed by atoms with Crippen LogP contribution in [0.1, 0.15) is 0 Å². The molecule has 0 aliphatic carbocycles. The Morgan fingerprint density at radius 2 is 0.683 bits per heavy atom. The minimum atomic E-state index is -0.965. The summed E-state index contributed by atoms with van der Waals surface area (Å²) in [5.74, 6) is -6.39. The molecular weight excluding hydrogens is 754 g/mol. The van der Waals surface area contributed by atoms with E-state index in [1.165, 1.54) is 9.13 Å². The second-order valence-corrected chi connectivity index (χ2v) is 14.6. The van der Waals surface area contributed by atoms with Crippen LogP contribution in [0.5, 0.6) is 46.0 Å². The van der Waals surface area contributed by atoms with Gasteiger partial charge in [-0.15, -0.1) is 0 Å². The second kappa shape index (κ2) is 13.2. The maximum atomic E-state index is 12.2. The van der Waals surface area contributed by atoms with Crippen molar-refractivity contribution in [2.24, 2.45) is 0 Å². The minimum Gasteiger partial charge on any atom is -0.506 e. The van der Waals surface area contributed by atoms with E-state index in [9.17, 15) is 40.9 Å². The molecular formula is C48H30B2N2O8. The highest BCUT2D eigenvalue weighted by atomic mass is 16.3. The zero-order valence-electron chi connectivity index (χ0n) is 31.3. The number of aromatic hydroxyl groups is 8. The van der Waals surface area contributed by atoms with Crippen LogP contribution < -0.4 is 10.9 Å². The predicted molar refractivity (Wildman–Crippen MR) is 236 cm³/mol. The van der Waals surface area contributed by atoms with Crippen molar-refractivity contribution in [3.63, 3.8) is 0 Å². The first-order valence-corrected chi connectivity index (χ1v) is 18.7. The molecule has 0 saturated heterocycles.